The number of aromatic nitrogens is 3. The number of nitrogens with one attached hydrogen (secondary N) is 1. The third-order valence-electron chi connectivity index (χ3n) is 4.72. The first-order valence-electron chi connectivity index (χ1n) is 9.71. The third kappa shape index (κ3) is 4.43. The average molecular weight is 389 g/mol. The number of anilines is 1. The summed E-state index contributed by atoms with van der Waals surface area (Å²) in [7, 11) is 4.14. The van der Waals surface area contributed by atoms with Crippen molar-refractivity contribution in [3.05, 3.63) is 72.5 Å². The van der Waals surface area contributed by atoms with Gasteiger partial charge in [0.2, 0.25) is 0 Å². The minimum Gasteiger partial charge on any atom is -0.370 e. The van der Waals surface area contributed by atoms with Crippen LogP contribution in [-0.4, -0.2) is 46.7 Å². The van der Waals surface area contributed by atoms with Crippen LogP contribution in [0.2, 0.25) is 0 Å². The lowest BCUT2D eigenvalue weighted by Crippen LogP contribution is -2.17. The minimum absolute atomic E-state index is 0.259. The summed E-state index contributed by atoms with van der Waals surface area (Å²) in [6, 6.07) is 20.4. The molecule has 1 N–H and O–H groups in total. The van der Waals surface area contributed by atoms with Gasteiger partial charge in [-0.05, 0) is 51.3 Å². The number of rotatable bonds is 7. The molecule has 0 bridgehead atoms. The molecular formula is C23H24FN5. The summed E-state index contributed by atoms with van der Waals surface area (Å²) >= 11 is 0. The molecule has 6 heteroatoms. The standard InChI is InChI=1S/C23H24FN5/c1-28(2)14-6-13-25-22-15-20(17-7-4-3-5-8-17)26-23-16-21(27-29(22)23)18-9-11-19(24)12-10-18/h3-5,7-12,15-16,25H,6,13-14H2,1-2H3. The van der Waals surface area contributed by atoms with Crippen molar-refractivity contribution in [2.45, 2.75) is 6.42 Å². The molecule has 0 radical (unpaired) electrons. The Morgan fingerprint density at radius 3 is 2.38 bits per heavy atom. The molecule has 2 aromatic carbocycles. The Morgan fingerprint density at radius 2 is 1.66 bits per heavy atom. The van der Waals surface area contributed by atoms with Gasteiger partial charge in [-0.15, -0.1) is 0 Å². The van der Waals surface area contributed by atoms with E-state index in [1.807, 2.05) is 47.0 Å². The van der Waals surface area contributed by atoms with Gasteiger partial charge >= 0.3 is 0 Å². The first-order valence-corrected chi connectivity index (χ1v) is 9.71. The second-order valence-electron chi connectivity index (χ2n) is 7.28. The average Bonchev–Trinajstić information content (AvgIpc) is 3.16. The van der Waals surface area contributed by atoms with Crippen LogP contribution >= 0.6 is 0 Å². The van der Waals surface area contributed by atoms with Crippen molar-refractivity contribution in [2.75, 3.05) is 32.5 Å². The van der Waals surface area contributed by atoms with Crippen molar-refractivity contribution < 1.29 is 4.39 Å². The Labute approximate surface area is 169 Å². The molecule has 148 valence electrons. The molecule has 0 unspecified atom stereocenters. The molecule has 0 atom stereocenters. The molecule has 4 aromatic rings. The second kappa shape index (κ2) is 8.41. The Bertz CT molecular complexity index is 1090. The van der Waals surface area contributed by atoms with Gasteiger partial charge in [-0.1, -0.05) is 30.3 Å². The molecule has 29 heavy (non-hydrogen) atoms. The van der Waals surface area contributed by atoms with Gasteiger partial charge in [0.25, 0.3) is 0 Å². The Balaban J connectivity index is 1.73. The summed E-state index contributed by atoms with van der Waals surface area (Å²) in [6.07, 6.45) is 1.02. The van der Waals surface area contributed by atoms with Crippen molar-refractivity contribution in [3.8, 4) is 22.5 Å². The fraction of sp³-hybridized carbons (Fsp3) is 0.217. The van der Waals surface area contributed by atoms with Gasteiger partial charge in [0.15, 0.2) is 5.65 Å². The number of hydrogen-bond acceptors (Lipinski definition) is 4. The molecule has 2 heterocycles. The molecule has 0 spiro atoms. The zero-order chi connectivity index (χ0) is 20.2. The molecule has 2 aromatic heterocycles. The van der Waals surface area contributed by atoms with E-state index in [4.69, 9.17) is 10.1 Å². The van der Waals surface area contributed by atoms with Crippen LogP contribution in [-0.2, 0) is 0 Å². The fourth-order valence-corrected chi connectivity index (χ4v) is 3.23. The van der Waals surface area contributed by atoms with Crippen LogP contribution in [0.1, 0.15) is 6.42 Å². The number of halogens is 1. The van der Waals surface area contributed by atoms with Crippen LogP contribution in [0.4, 0.5) is 10.2 Å². The van der Waals surface area contributed by atoms with Gasteiger partial charge < -0.3 is 10.2 Å². The zero-order valence-corrected chi connectivity index (χ0v) is 16.6. The van der Waals surface area contributed by atoms with Crippen LogP contribution in [0.25, 0.3) is 28.2 Å². The van der Waals surface area contributed by atoms with E-state index in [0.29, 0.717) is 0 Å². The summed E-state index contributed by atoms with van der Waals surface area (Å²) in [6.45, 7) is 1.84. The Kier molecular flexibility index (Phi) is 5.53. The highest BCUT2D eigenvalue weighted by Crippen LogP contribution is 2.26. The van der Waals surface area contributed by atoms with Gasteiger partial charge in [-0.25, -0.2) is 9.37 Å². The van der Waals surface area contributed by atoms with Crippen LogP contribution in [0.3, 0.4) is 0 Å². The van der Waals surface area contributed by atoms with E-state index in [0.717, 1.165) is 53.5 Å². The van der Waals surface area contributed by atoms with Gasteiger partial charge in [0, 0.05) is 29.8 Å². The summed E-state index contributed by atoms with van der Waals surface area (Å²) in [5.41, 5.74) is 4.31. The second-order valence-corrected chi connectivity index (χ2v) is 7.28. The van der Waals surface area contributed by atoms with Crippen molar-refractivity contribution in [1.82, 2.24) is 19.5 Å². The zero-order valence-electron chi connectivity index (χ0n) is 16.6. The van der Waals surface area contributed by atoms with Gasteiger partial charge in [0.05, 0.1) is 11.4 Å². The van der Waals surface area contributed by atoms with Gasteiger partial charge in [-0.3, -0.25) is 0 Å². The van der Waals surface area contributed by atoms with E-state index < -0.39 is 0 Å². The quantitative estimate of drug-likeness (QED) is 0.471. The molecule has 5 nitrogen and oxygen atoms in total. The minimum atomic E-state index is -0.259. The van der Waals surface area contributed by atoms with E-state index in [-0.39, 0.29) is 5.82 Å². The van der Waals surface area contributed by atoms with E-state index in [1.54, 1.807) is 12.1 Å². The van der Waals surface area contributed by atoms with E-state index in [1.165, 1.54) is 12.1 Å². The molecule has 0 aliphatic rings. The first-order chi connectivity index (χ1) is 14.1. The molecule has 4 rings (SSSR count). The van der Waals surface area contributed by atoms with Gasteiger partial charge in [-0.2, -0.15) is 9.61 Å². The van der Waals surface area contributed by atoms with Crippen molar-refractivity contribution in [2.24, 2.45) is 0 Å². The smallest absolute Gasteiger partial charge is 0.158 e. The lowest BCUT2D eigenvalue weighted by Gasteiger charge is -2.12. The SMILES string of the molecule is CN(C)CCCNc1cc(-c2ccccc2)nc2cc(-c3ccc(F)cc3)nn12. The van der Waals surface area contributed by atoms with E-state index in [2.05, 4.69) is 24.3 Å². The van der Waals surface area contributed by atoms with Crippen LogP contribution in [0.5, 0.6) is 0 Å². The number of nitrogens with zero attached hydrogens (tertiary/aromatic N) is 4. The highest BCUT2D eigenvalue weighted by Gasteiger charge is 2.12. The molecule has 0 saturated heterocycles. The first kappa shape index (κ1) is 19.1. The summed E-state index contributed by atoms with van der Waals surface area (Å²) in [5, 5.41) is 8.22. The maximum atomic E-state index is 13.3. The topological polar surface area (TPSA) is 45.5 Å². The molecule has 0 aliphatic heterocycles. The highest BCUT2D eigenvalue weighted by atomic mass is 19.1. The fourth-order valence-electron chi connectivity index (χ4n) is 3.23. The van der Waals surface area contributed by atoms with Crippen LogP contribution < -0.4 is 5.32 Å². The Hall–Kier alpha value is -3.25. The number of fused-ring (bicyclic) bond motifs is 1. The number of benzene rings is 2. The highest BCUT2D eigenvalue weighted by molar-refractivity contribution is 5.70. The predicted molar refractivity (Wildman–Crippen MR) is 115 cm³/mol. The molecular weight excluding hydrogens is 365 g/mol. The van der Waals surface area contributed by atoms with E-state index in [9.17, 15) is 4.39 Å². The normalized spacial score (nSPS) is 11.3. The largest absolute Gasteiger partial charge is 0.370 e. The monoisotopic (exact) mass is 389 g/mol. The van der Waals surface area contributed by atoms with Crippen LogP contribution in [0.15, 0.2) is 66.7 Å². The maximum Gasteiger partial charge on any atom is 0.158 e. The van der Waals surface area contributed by atoms with E-state index >= 15 is 0 Å². The molecule has 0 fully saturated rings. The number of hydrogen-bond donors (Lipinski definition) is 1. The third-order valence-corrected chi connectivity index (χ3v) is 4.72. The molecule has 0 aliphatic carbocycles. The van der Waals surface area contributed by atoms with Crippen molar-refractivity contribution in [3.63, 3.8) is 0 Å². The van der Waals surface area contributed by atoms with Crippen LogP contribution in [0, 0.1) is 5.82 Å². The predicted octanol–water partition coefficient (Wildman–Crippen LogP) is 4.57. The van der Waals surface area contributed by atoms with Crippen molar-refractivity contribution in [1.29, 1.82) is 0 Å². The molecule has 0 amide bonds. The summed E-state index contributed by atoms with van der Waals surface area (Å²) < 4.78 is 15.1. The lowest BCUT2D eigenvalue weighted by molar-refractivity contribution is 0.405. The lowest BCUT2D eigenvalue weighted by atomic mass is 10.1. The Morgan fingerprint density at radius 1 is 0.931 bits per heavy atom. The summed E-state index contributed by atoms with van der Waals surface area (Å²) in [4.78, 5) is 6.97. The molecule has 0 saturated carbocycles. The summed E-state index contributed by atoms with van der Waals surface area (Å²) in [5.74, 6) is 0.631. The van der Waals surface area contributed by atoms with Gasteiger partial charge in [0.1, 0.15) is 11.6 Å². The maximum absolute atomic E-state index is 13.3. The van der Waals surface area contributed by atoms with Crippen molar-refractivity contribution >= 4 is 11.5 Å².